The molecule has 1 aromatic carbocycles. The number of anilines is 2. The molecule has 0 bridgehead atoms. The number of thioether (sulfide) groups is 1. The van der Waals surface area contributed by atoms with Crippen LogP contribution in [0.25, 0.3) is 0 Å². The van der Waals surface area contributed by atoms with Crippen LogP contribution in [0, 0.1) is 0 Å². The van der Waals surface area contributed by atoms with Crippen LogP contribution in [-0.4, -0.2) is 25.7 Å². The maximum atomic E-state index is 5.84. The first kappa shape index (κ1) is 12.0. The monoisotopic (exact) mass is 226 g/mol. The van der Waals surface area contributed by atoms with E-state index in [0.717, 1.165) is 35.8 Å². The Morgan fingerprint density at radius 1 is 1.47 bits per heavy atom. The maximum Gasteiger partial charge on any atom is 0.121 e. The van der Waals surface area contributed by atoms with Crippen molar-refractivity contribution in [3.8, 4) is 5.75 Å². The van der Waals surface area contributed by atoms with Crippen LogP contribution in [0.4, 0.5) is 11.4 Å². The summed E-state index contributed by atoms with van der Waals surface area (Å²) in [5.41, 5.74) is 7.55. The van der Waals surface area contributed by atoms with Crippen LogP contribution in [0.2, 0.25) is 0 Å². The lowest BCUT2D eigenvalue weighted by Gasteiger charge is -2.10. The second kappa shape index (κ2) is 6.45. The van der Waals surface area contributed by atoms with Gasteiger partial charge >= 0.3 is 0 Å². The van der Waals surface area contributed by atoms with Gasteiger partial charge < -0.3 is 15.8 Å². The SMILES string of the molecule is COc1ccc(N)c(NCCCSC)c1. The minimum Gasteiger partial charge on any atom is -0.497 e. The van der Waals surface area contributed by atoms with E-state index in [0.29, 0.717) is 0 Å². The van der Waals surface area contributed by atoms with Gasteiger partial charge in [0.1, 0.15) is 5.75 Å². The normalized spacial score (nSPS) is 10.0. The summed E-state index contributed by atoms with van der Waals surface area (Å²) < 4.78 is 5.14. The summed E-state index contributed by atoms with van der Waals surface area (Å²) in [6, 6.07) is 5.65. The molecule has 0 saturated heterocycles. The second-order valence-electron chi connectivity index (χ2n) is 3.23. The standard InChI is InChI=1S/C11H18N2OS/c1-14-9-4-5-10(12)11(8-9)13-6-3-7-15-2/h4-5,8,13H,3,6-7,12H2,1-2H3. The summed E-state index contributed by atoms with van der Waals surface area (Å²) in [5, 5.41) is 3.30. The average Bonchev–Trinajstić information content (AvgIpc) is 2.26. The van der Waals surface area contributed by atoms with Crippen LogP contribution in [0.3, 0.4) is 0 Å². The fraction of sp³-hybridized carbons (Fsp3) is 0.455. The topological polar surface area (TPSA) is 47.3 Å². The lowest BCUT2D eigenvalue weighted by molar-refractivity contribution is 0.415. The first-order chi connectivity index (χ1) is 7.27. The molecule has 0 aliphatic heterocycles. The van der Waals surface area contributed by atoms with Gasteiger partial charge in [0.25, 0.3) is 0 Å². The summed E-state index contributed by atoms with van der Waals surface area (Å²) >= 11 is 1.85. The molecule has 84 valence electrons. The van der Waals surface area contributed by atoms with Crippen LogP contribution in [-0.2, 0) is 0 Å². The molecule has 0 heterocycles. The summed E-state index contributed by atoms with van der Waals surface area (Å²) in [7, 11) is 1.66. The zero-order chi connectivity index (χ0) is 11.1. The zero-order valence-corrected chi connectivity index (χ0v) is 10.1. The highest BCUT2D eigenvalue weighted by Gasteiger charge is 2.00. The van der Waals surface area contributed by atoms with E-state index in [9.17, 15) is 0 Å². The van der Waals surface area contributed by atoms with Crippen LogP contribution in [0.1, 0.15) is 6.42 Å². The van der Waals surface area contributed by atoms with Crippen molar-refractivity contribution in [1.29, 1.82) is 0 Å². The van der Waals surface area contributed by atoms with E-state index >= 15 is 0 Å². The van der Waals surface area contributed by atoms with Crippen LogP contribution < -0.4 is 15.8 Å². The van der Waals surface area contributed by atoms with Gasteiger partial charge in [-0.2, -0.15) is 11.8 Å². The molecule has 15 heavy (non-hydrogen) atoms. The number of ether oxygens (including phenoxy) is 1. The number of hydrogen-bond donors (Lipinski definition) is 2. The molecule has 0 amide bonds. The molecule has 0 radical (unpaired) electrons. The van der Waals surface area contributed by atoms with Crippen LogP contribution >= 0.6 is 11.8 Å². The van der Waals surface area contributed by atoms with Crippen molar-refractivity contribution in [3.05, 3.63) is 18.2 Å². The quantitative estimate of drug-likeness (QED) is 0.578. The highest BCUT2D eigenvalue weighted by molar-refractivity contribution is 7.98. The third-order valence-corrected chi connectivity index (χ3v) is 2.80. The van der Waals surface area contributed by atoms with Gasteiger partial charge in [-0.05, 0) is 30.6 Å². The number of nitrogens with two attached hydrogens (primary N) is 1. The Labute approximate surface area is 95.4 Å². The Morgan fingerprint density at radius 3 is 2.93 bits per heavy atom. The first-order valence-corrected chi connectivity index (χ1v) is 6.33. The van der Waals surface area contributed by atoms with Gasteiger partial charge in [0.2, 0.25) is 0 Å². The van der Waals surface area contributed by atoms with Crippen molar-refractivity contribution in [1.82, 2.24) is 0 Å². The van der Waals surface area contributed by atoms with Crippen LogP contribution in [0.5, 0.6) is 5.75 Å². The van der Waals surface area contributed by atoms with Crippen molar-refractivity contribution in [2.24, 2.45) is 0 Å². The minimum absolute atomic E-state index is 0.764. The van der Waals surface area contributed by atoms with E-state index in [2.05, 4.69) is 11.6 Å². The van der Waals surface area contributed by atoms with Gasteiger partial charge in [0.15, 0.2) is 0 Å². The molecular formula is C11H18N2OS. The number of nitrogen functional groups attached to an aromatic ring is 1. The minimum atomic E-state index is 0.764. The van der Waals surface area contributed by atoms with Crippen molar-refractivity contribution in [2.75, 3.05) is 36.7 Å². The van der Waals surface area contributed by atoms with Gasteiger partial charge in [-0.15, -0.1) is 0 Å². The highest BCUT2D eigenvalue weighted by Crippen LogP contribution is 2.24. The predicted octanol–water partition coefficient (Wildman–Crippen LogP) is 2.44. The molecule has 0 atom stereocenters. The van der Waals surface area contributed by atoms with E-state index in [1.54, 1.807) is 7.11 Å². The number of benzene rings is 1. The smallest absolute Gasteiger partial charge is 0.121 e. The molecular weight excluding hydrogens is 208 g/mol. The highest BCUT2D eigenvalue weighted by atomic mass is 32.2. The van der Waals surface area contributed by atoms with Crippen molar-refractivity contribution >= 4 is 23.1 Å². The number of methoxy groups -OCH3 is 1. The van der Waals surface area contributed by atoms with Gasteiger partial charge in [-0.3, -0.25) is 0 Å². The molecule has 0 aromatic heterocycles. The van der Waals surface area contributed by atoms with Crippen molar-refractivity contribution < 1.29 is 4.74 Å². The van der Waals surface area contributed by atoms with Gasteiger partial charge in [-0.25, -0.2) is 0 Å². The lowest BCUT2D eigenvalue weighted by atomic mass is 10.2. The molecule has 3 nitrogen and oxygen atoms in total. The molecule has 0 unspecified atom stereocenters. The third-order valence-electron chi connectivity index (χ3n) is 2.10. The maximum absolute atomic E-state index is 5.84. The van der Waals surface area contributed by atoms with Crippen molar-refractivity contribution in [3.63, 3.8) is 0 Å². The number of nitrogens with one attached hydrogen (secondary N) is 1. The average molecular weight is 226 g/mol. The van der Waals surface area contributed by atoms with E-state index in [-0.39, 0.29) is 0 Å². The first-order valence-electron chi connectivity index (χ1n) is 4.94. The molecule has 1 rings (SSSR count). The Morgan fingerprint density at radius 2 is 2.27 bits per heavy atom. The van der Waals surface area contributed by atoms with E-state index < -0.39 is 0 Å². The molecule has 1 aromatic rings. The lowest BCUT2D eigenvalue weighted by Crippen LogP contribution is -2.05. The van der Waals surface area contributed by atoms with Gasteiger partial charge in [-0.1, -0.05) is 0 Å². The third kappa shape index (κ3) is 3.91. The second-order valence-corrected chi connectivity index (χ2v) is 4.21. The van der Waals surface area contributed by atoms with E-state index in [1.165, 1.54) is 0 Å². The largest absolute Gasteiger partial charge is 0.497 e. The molecule has 0 spiro atoms. The van der Waals surface area contributed by atoms with Crippen LogP contribution in [0.15, 0.2) is 18.2 Å². The Balaban J connectivity index is 2.51. The van der Waals surface area contributed by atoms with E-state index in [1.807, 2.05) is 30.0 Å². The molecule has 4 heteroatoms. The Hall–Kier alpha value is -1.03. The number of rotatable bonds is 6. The molecule has 3 N–H and O–H groups in total. The van der Waals surface area contributed by atoms with E-state index in [4.69, 9.17) is 10.5 Å². The van der Waals surface area contributed by atoms with Crippen molar-refractivity contribution in [2.45, 2.75) is 6.42 Å². The summed E-state index contributed by atoms with van der Waals surface area (Å²) in [6.45, 7) is 0.943. The fourth-order valence-corrected chi connectivity index (χ4v) is 1.69. The van der Waals surface area contributed by atoms with Gasteiger partial charge in [0, 0.05) is 12.6 Å². The molecule has 0 aliphatic carbocycles. The molecule has 0 saturated carbocycles. The van der Waals surface area contributed by atoms with Gasteiger partial charge in [0.05, 0.1) is 18.5 Å². The molecule has 0 fully saturated rings. The summed E-state index contributed by atoms with van der Waals surface area (Å²) in [6.07, 6.45) is 3.25. The molecule has 0 aliphatic rings. The fourth-order valence-electron chi connectivity index (χ4n) is 1.26. The Kier molecular flexibility index (Phi) is 5.18. The number of hydrogen-bond acceptors (Lipinski definition) is 4. The zero-order valence-electron chi connectivity index (χ0n) is 9.25. The summed E-state index contributed by atoms with van der Waals surface area (Å²) in [4.78, 5) is 0. The predicted molar refractivity (Wildman–Crippen MR) is 68.9 cm³/mol. The Bertz CT molecular complexity index is 305. The summed E-state index contributed by atoms with van der Waals surface area (Å²) in [5.74, 6) is 1.99.